The van der Waals surface area contributed by atoms with Crippen molar-refractivity contribution >= 4 is 29.5 Å². The molecule has 10 atom stereocenters. The summed E-state index contributed by atoms with van der Waals surface area (Å²) < 4.78 is 45.7. The van der Waals surface area contributed by atoms with Gasteiger partial charge in [-0.25, -0.2) is 0 Å². The smallest absolute Gasteiger partial charge is 0.416 e. The van der Waals surface area contributed by atoms with E-state index in [9.17, 15) is 42.3 Å². The molecule has 3 N–H and O–H groups in total. The number of benzene rings is 1. The molecule has 12 heteroatoms. The predicted octanol–water partition coefficient (Wildman–Crippen LogP) is 10.4. The molecule has 0 saturated heterocycles. The van der Waals surface area contributed by atoms with Crippen LogP contribution in [0.4, 0.5) is 13.2 Å². The standard InChI is InChI=1S/C51H71F3N2O7/c1-28(2)39-34(57)25-50(26-38(58)55-27-44(3,4)56-41(59)29-12-14-30(15-13-29)51(52,53)54)23-22-48(10)31(40(39)50)16-17-36-47(9)20-19-37(46(7,8)35(47)18-21-49(36,48)11)63-43(62)33-24-32(42(60)61)45(33,5)6/h12-15,28,31-33,35-37H,16-27H2,1-11H3,(H,55,58)(H,56,59)(H,60,61)/t31-,32+,33-,35+,36-,37+,47+,48-,49-,50+/m1/s1. The molecule has 0 aliphatic heterocycles. The van der Waals surface area contributed by atoms with E-state index in [2.05, 4.69) is 59.1 Å². The van der Waals surface area contributed by atoms with Crippen LogP contribution in [0.5, 0.6) is 0 Å². The third kappa shape index (κ3) is 7.56. The van der Waals surface area contributed by atoms with Crippen molar-refractivity contribution in [1.29, 1.82) is 0 Å². The minimum atomic E-state index is -4.51. The lowest BCUT2D eigenvalue weighted by atomic mass is 9.33. The summed E-state index contributed by atoms with van der Waals surface area (Å²) >= 11 is 0. The maximum Gasteiger partial charge on any atom is 0.416 e. The molecule has 63 heavy (non-hydrogen) atoms. The van der Waals surface area contributed by atoms with E-state index in [1.54, 1.807) is 13.8 Å². The number of amides is 2. The van der Waals surface area contributed by atoms with Gasteiger partial charge in [-0.1, -0.05) is 67.9 Å². The van der Waals surface area contributed by atoms with E-state index < -0.39 is 51.8 Å². The van der Waals surface area contributed by atoms with Gasteiger partial charge >= 0.3 is 18.1 Å². The summed E-state index contributed by atoms with van der Waals surface area (Å²) in [7, 11) is 0. The minimum absolute atomic E-state index is 0.00144. The number of carbonyl (C=O) groups excluding carboxylic acids is 4. The first-order valence-corrected chi connectivity index (χ1v) is 23.4. The van der Waals surface area contributed by atoms with Crippen LogP contribution in [0.1, 0.15) is 163 Å². The van der Waals surface area contributed by atoms with E-state index >= 15 is 0 Å². The summed E-state index contributed by atoms with van der Waals surface area (Å²) in [5.41, 5.74) is -1.23. The van der Waals surface area contributed by atoms with Crippen LogP contribution in [-0.4, -0.2) is 52.8 Å². The largest absolute Gasteiger partial charge is 0.481 e. The van der Waals surface area contributed by atoms with Gasteiger partial charge in [0.25, 0.3) is 5.91 Å². The van der Waals surface area contributed by atoms with Gasteiger partial charge in [0, 0.05) is 35.8 Å². The van der Waals surface area contributed by atoms with Crippen LogP contribution >= 0.6 is 0 Å². The molecule has 5 fully saturated rings. The van der Waals surface area contributed by atoms with Crippen molar-refractivity contribution in [3.8, 4) is 0 Å². The Balaban J connectivity index is 1.07. The third-order valence-electron chi connectivity index (χ3n) is 18.8. The number of alkyl halides is 3. The first-order valence-electron chi connectivity index (χ1n) is 23.4. The monoisotopic (exact) mass is 881 g/mol. The number of aliphatic carboxylic acids is 1. The Kier molecular flexibility index (Phi) is 11.6. The number of ketones is 1. The quantitative estimate of drug-likeness (QED) is 0.199. The Morgan fingerprint density at radius 3 is 2.06 bits per heavy atom. The summed E-state index contributed by atoms with van der Waals surface area (Å²) in [4.78, 5) is 66.7. The zero-order valence-corrected chi connectivity index (χ0v) is 39.4. The maximum absolute atomic E-state index is 14.2. The van der Waals surface area contributed by atoms with Crippen LogP contribution in [0.25, 0.3) is 0 Å². The van der Waals surface area contributed by atoms with E-state index in [0.717, 1.165) is 81.2 Å². The van der Waals surface area contributed by atoms with Gasteiger partial charge in [-0.3, -0.25) is 24.0 Å². The van der Waals surface area contributed by atoms with Crippen molar-refractivity contribution in [2.45, 2.75) is 165 Å². The predicted molar refractivity (Wildman–Crippen MR) is 233 cm³/mol. The molecule has 0 heterocycles. The van der Waals surface area contributed by atoms with E-state index in [4.69, 9.17) is 4.74 Å². The van der Waals surface area contributed by atoms with Crippen LogP contribution in [0.2, 0.25) is 0 Å². The number of rotatable bonds is 10. The van der Waals surface area contributed by atoms with Crippen molar-refractivity contribution in [3.63, 3.8) is 0 Å². The van der Waals surface area contributed by atoms with Crippen molar-refractivity contribution in [1.82, 2.24) is 10.6 Å². The SMILES string of the molecule is CC(C)C1=C2[C@H]3CC[C@@H]4[C@@]5(C)CC[C@H](OC(=O)[C@H]6C[C@@H](C(=O)O)C6(C)C)C(C)(C)[C@@H]5CC[C@@]4(C)[C@]3(C)CC[C@@]2(CC(=O)NCC(C)(C)NC(=O)c2ccc(C(F)(F)F)cc2)CC1=O. The summed E-state index contributed by atoms with van der Waals surface area (Å²) in [5.74, 6) is -1.79. The lowest BCUT2D eigenvalue weighted by molar-refractivity contribution is -0.236. The summed E-state index contributed by atoms with van der Waals surface area (Å²) in [6, 6.07) is 4.04. The minimum Gasteiger partial charge on any atom is -0.481 e. The normalized spacial score (nSPS) is 36.8. The molecule has 6 aliphatic rings. The van der Waals surface area contributed by atoms with E-state index in [-0.39, 0.29) is 75.8 Å². The van der Waals surface area contributed by atoms with E-state index in [1.807, 2.05) is 13.8 Å². The molecular formula is C51H71F3N2O7. The molecule has 2 amide bonds. The summed E-state index contributed by atoms with van der Waals surface area (Å²) in [5, 5.41) is 15.6. The number of carboxylic acids is 1. The van der Waals surface area contributed by atoms with Gasteiger partial charge in [-0.15, -0.1) is 0 Å². The van der Waals surface area contributed by atoms with Crippen molar-refractivity contribution in [2.75, 3.05) is 6.54 Å². The summed E-state index contributed by atoms with van der Waals surface area (Å²) in [6.07, 6.45) is 3.33. The molecule has 0 bridgehead atoms. The number of nitrogens with one attached hydrogen (secondary N) is 2. The Morgan fingerprint density at radius 2 is 1.48 bits per heavy atom. The zero-order chi connectivity index (χ0) is 46.7. The van der Waals surface area contributed by atoms with E-state index in [1.165, 1.54) is 5.57 Å². The molecule has 5 saturated carbocycles. The molecule has 0 radical (unpaired) electrons. The molecule has 7 rings (SSSR count). The number of ether oxygens (including phenoxy) is 1. The second-order valence-electron chi connectivity index (χ2n) is 23.6. The molecule has 1 aromatic carbocycles. The lowest BCUT2D eigenvalue weighted by Crippen LogP contribution is -2.66. The number of allylic oxidation sites excluding steroid dienone is 2. The van der Waals surface area contributed by atoms with Gasteiger partial charge in [0.1, 0.15) is 6.10 Å². The molecule has 0 aromatic heterocycles. The van der Waals surface area contributed by atoms with Crippen LogP contribution in [0.15, 0.2) is 35.4 Å². The van der Waals surface area contributed by atoms with Gasteiger partial charge in [-0.2, -0.15) is 13.2 Å². The highest BCUT2D eigenvalue weighted by molar-refractivity contribution is 6.01. The highest BCUT2D eigenvalue weighted by Crippen LogP contribution is 2.77. The molecule has 9 nitrogen and oxygen atoms in total. The highest BCUT2D eigenvalue weighted by Gasteiger charge is 2.70. The number of fused-ring (bicyclic) bond motifs is 7. The maximum atomic E-state index is 14.2. The van der Waals surface area contributed by atoms with Crippen molar-refractivity contribution < 1.29 is 47.0 Å². The number of carboxylic acid groups (broad SMARTS) is 1. The van der Waals surface area contributed by atoms with Gasteiger partial charge in [0.05, 0.1) is 22.9 Å². The van der Waals surface area contributed by atoms with Gasteiger partial charge in [0.15, 0.2) is 5.78 Å². The average molecular weight is 881 g/mol. The van der Waals surface area contributed by atoms with Crippen molar-refractivity contribution in [2.24, 2.45) is 68.0 Å². The van der Waals surface area contributed by atoms with Gasteiger partial charge < -0.3 is 20.5 Å². The van der Waals surface area contributed by atoms with Crippen LogP contribution in [-0.2, 0) is 30.1 Å². The zero-order valence-electron chi connectivity index (χ0n) is 39.4. The number of hydrogen-bond donors (Lipinski definition) is 3. The van der Waals surface area contributed by atoms with Crippen molar-refractivity contribution in [3.05, 3.63) is 46.5 Å². The fourth-order valence-corrected chi connectivity index (χ4v) is 15.0. The molecular weight excluding hydrogens is 810 g/mol. The molecule has 1 aromatic rings. The number of esters is 1. The van der Waals surface area contributed by atoms with Crippen LogP contribution in [0, 0.1) is 68.0 Å². The summed E-state index contributed by atoms with van der Waals surface area (Å²) in [6.45, 7) is 23.5. The lowest BCUT2D eigenvalue weighted by Gasteiger charge is -2.72. The van der Waals surface area contributed by atoms with Crippen LogP contribution < -0.4 is 10.6 Å². The third-order valence-corrected chi connectivity index (χ3v) is 18.8. The first-order chi connectivity index (χ1) is 28.9. The van der Waals surface area contributed by atoms with Gasteiger partial charge in [-0.05, 0) is 147 Å². The molecule has 6 aliphatic carbocycles. The number of Topliss-reactive ketones (excluding diaryl/α,β-unsaturated/α-hetero) is 1. The Bertz CT molecular complexity index is 2090. The molecule has 0 spiro atoms. The molecule has 348 valence electrons. The second kappa shape index (κ2) is 15.5. The average Bonchev–Trinajstić information content (AvgIpc) is 3.46. The van der Waals surface area contributed by atoms with Gasteiger partial charge in [0.2, 0.25) is 5.91 Å². The number of halogens is 3. The fourth-order valence-electron chi connectivity index (χ4n) is 15.0. The topological polar surface area (TPSA) is 139 Å². The number of hydrogen-bond acceptors (Lipinski definition) is 6. The second-order valence-corrected chi connectivity index (χ2v) is 23.6. The van der Waals surface area contributed by atoms with E-state index in [0.29, 0.717) is 24.7 Å². The van der Waals surface area contributed by atoms with Crippen LogP contribution in [0.3, 0.4) is 0 Å². The Labute approximate surface area is 371 Å². The fraction of sp³-hybridized carbons (Fsp3) is 0.745. The Morgan fingerprint density at radius 1 is 0.825 bits per heavy atom. The number of carbonyl (C=O) groups is 5. The highest BCUT2D eigenvalue weighted by atomic mass is 19.4. The first kappa shape index (κ1) is 47.3. The molecule has 0 unspecified atom stereocenters. The Hall–Kier alpha value is -3.70.